The molecule has 0 saturated carbocycles. The van der Waals surface area contributed by atoms with E-state index in [9.17, 15) is 0 Å². The molecule has 0 saturated heterocycles. The zero-order valence-corrected chi connectivity index (χ0v) is 12.0. The van der Waals surface area contributed by atoms with E-state index in [1.54, 1.807) is 11.3 Å². The molecule has 2 heterocycles. The second-order valence-electron chi connectivity index (χ2n) is 4.04. The Morgan fingerprint density at radius 1 is 1.37 bits per heavy atom. The molecule has 0 atom stereocenters. The maximum absolute atomic E-state index is 6.23. The Hall–Kier alpha value is -1.46. The van der Waals surface area contributed by atoms with Crippen LogP contribution in [0.4, 0.5) is 5.13 Å². The molecule has 1 aromatic carbocycles. The quantitative estimate of drug-likeness (QED) is 0.938. The van der Waals surface area contributed by atoms with Gasteiger partial charge in [-0.3, -0.25) is 0 Å². The second kappa shape index (κ2) is 5.27. The lowest BCUT2D eigenvalue weighted by Crippen LogP contribution is -2.15. The number of thiazole rings is 1. The summed E-state index contributed by atoms with van der Waals surface area (Å²) >= 11 is 7.82. The van der Waals surface area contributed by atoms with Crippen molar-refractivity contribution in [2.24, 2.45) is 0 Å². The fraction of sp³-hybridized carbons (Fsp3) is 0.308. The highest BCUT2D eigenvalue weighted by Gasteiger charge is 2.18. The van der Waals surface area contributed by atoms with Crippen molar-refractivity contribution < 1.29 is 9.47 Å². The van der Waals surface area contributed by atoms with E-state index >= 15 is 0 Å². The molecular formula is C13H13ClN2O2S. The van der Waals surface area contributed by atoms with Crippen molar-refractivity contribution in [1.82, 2.24) is 4.98 Å². The van der Waals surface area contributed by atoms with Crippen molar-refractivity contribution >= 4 is 28.1 Å². The Morgan fingerprint density at radius 3 is 3.05 bits per heavy atom. The maximum Gasteiger partial charge on any atom is 0.183 e. The first-order valence-electron chi connectivity index (χ1n) is 6.07. The summed E-state index contributed by atoms with van der Waals surface area (Å²) in [6.07, 6.45) is 1.84. The molecule has 3 rings (SSSR count). The van der Waals surface area contributed by atoms with Crippen LogP contribution in [0.3, 0.4) is 0 Å². The number of anilines is 1. The molecule has 100 valence electrons. The lowest BCUT2D eigenvalue weighted by Gasteiger charge is -2.20. The molecule has 0 fully saturated rings. The lowest BCUT2D eigenvalue weighted by molar-refractivity contribution is 0.172. The first kappa shape index (κ1) is 12.6. The van der Waals surface area contributed by atoms with Crippen LogP contribution < -0.4 is 14.8 Å². The van der Waals surface area contributed by atoms with E-state index < -0.39 is 0 Å². The number of hydrogen-bond acceptors (Lipinski definition) is 5. The first-order chi connectivity index (χ1) is 9.28. The zero-order chi connectivity index (χ0) is 13.2. The Morgan fingerprint density at radius 2 is 2.21 bits per heavy atom. The minimum Gasteiger partial charge on any atom is -0.486 e. The number of ether oxygens (including phenoxy) is 2. The second-order valence-corrected chi connectivity index (χ2v) is 5.48. The van der Waals surface area contributed by atoms with E-state index in [-0.39, 0.29) is 0 Å². The highest BCUT2D eigenvalue weighted by Crippen LogP contribution is 2.42. The molecule has 2 aromatic rings. The van der Waals surface area contributed by atoms with Crippen molar-refractivity contribution in [2.75, 3.05) is 25.1 Å². The van der Waals surface area contributed by atoms with Gasteiger partial charge in [-0.25, -0.2) is 4.98 Å². The van der Waals surface area contributed by atoms with Crippen LogP contribution in [-0.2, 0) is 0 Å². The molecular weight excluding hydrogens is 284 g/mol. The van der Waals surface area contributed by atoms with Crippen molar-refractivity contribution in [2.45, 2.75) is 6.92 Å². The van der Waals surface area contributed by atoms with Crippen LogP contribution in [0, 0.1) is 0 Å². The van der Waals surface area contributed by atoms with Gasteiger partial charge in [0.15, 0.2) is 16.6 Å². The minimum atomic E-state index is 0.539. The predicted octanol–water partition coefficient (Wildman–Crippen LogP) is 3.67. The van der Waals surface area contributed by atoms with Crippen LogP contribution in [-0.4, -0.2) is 24.7 Å². The molecule has 1 N–H and O–H groups in total. The normalized spacial score (nSPS) is 13.4. The molecule has 0 spiro atoms. The summed E-state index contributed by atoms with van der Waals surface area (Å²) in [4.78, 5) is 5.37. The predicted molar refractivity (Wildman–Crippen MR) is 77.7 cm³/mol. The Balaban J connectivity index is 1.97. The fourth-order valence-electron chi connectivity index (χ4n) is 1.89. The summed E-state index contributed by atoms with van der Waals surface area (Å²) in [6, 6.07) is 3.84. The topological polar surface area (TPSA) is 43.4 Å². The van der Waals surface area contributed by atoms with Crippen molar-refractivity contribution in [3.8, 4) is 21.9 Å². The number of hydrogen-bond donors (Lipinski definition) is 1. The van der Waals surface area contributed by atoms with Crippen LogP contribution in [0.15, 0.2) is 18.3 Å². The molecule has 1 aromatic heterocycles. The van der Waals surface area contributed by atoms with E-state index in [1.807, 2.05) is 25.3 Å². The van der Waals surface area contributed by atoms with Gasteiger partial charge in [-0.05, 0) is 24.6 Å². The van der Waals surface area contributed by atoms with Gasteiger partial charge in [0.1, 0.15) is 13.2 Å². The average molecular weight is 297 g/mol. The number of nitrogens with one attached hydrogen (secondary N) is 1. The number of rotatable bonds is 3. The summed E-state index contributed by atoms with van der Waals surface area (Å²) in [7, 11) is 0. The average Bonchev–Trinajstić information content (AvgIpc) is 2.88. The van der Waals surface area contributed by atoms with Gasteiger partial charge in [-0.15, -0.1) is 0 Å². The maximum atomic E-state index is 6.23. The van der Waals surface area contributed by atoms with Crippen LogP contribution >= 0.6 is 22.9 Å². The third-order valence-corrected chi connectivity index (χ3v) is 4.00. The summed E-state index contributed by atoms with van der Waals surface area (Å²) in [5.41, 5.74) is 0.996. The van der Waals surface area contributed by atoms with Gasteiger partial charge < -0.3 is 14.8 Å². The van der Waals surface area contributed by atoms with Gasteiger partial charge in [-0.2, -0.15) is 0 Å². The van der Waals surface area contributed by atoms with E-state index in [2.05, 4.69) is 10.3 Å². The minimum absolute atomic E-state index is 0.539. The smallest absolute Gasteiger partial charge is 0.183 e. The molecule has 1 aliphatic rings. The molecule has 1 aliphatic heterocycles. The number of benzene rings is 1. The summed E-state index contributed by atoms with van der Waals surface area (Å²) in [5, 5.41) is 4.67. The number of fused-ring (bicyclic) bond motifs is 1. The molecule has 0 unspecified atom stereocenters. The number of aromatic nitrogens is 1. The van der Waals surface area contributed by atoms with Crippen molar-refractivity contribution in [3.05, 3.63) is 23.4 Å². The van der Waals surface area contributed by atoms with Gasteiger partial charge in [0, 0.05) is 12.7 Å². The van der Waals surface area contributed by atoms with Gasteiger partial charge in [-0.1, -0.05) is 22.9 Å². The van der Waals surface area contributed by atoms with Crippen LogP contribution in [0.25, 0.3) is 10.4 Å². The van der Waals surface area contributed by atoms with Crippen molar-refractivity contribution in [3.63, 3.8) is 0 Å². The number of nitrogens with zero attached hydrogens (tertiary/aromatic N) is 1. The molecule has 4 nitrogen and oxygen atoms in total. The van der Waals surface area contributed by atoms with Gasteiger partial charge in [0.25, 0.3) is 0 Å². The standard InChI is InChI=1S/C13H13ClN2O2S/c1-2-15-13-16-7-11(19-13)8-5-9(14)12-10(6-8)17-3-4-18-12/h5-7H,2-4H2,1H3,(H,15,16). The number of halogens is 1. The highest BCUT2D eigenvalue weighted by molar-refractivity contribution is 7.18. The molecule has 0 amide bonds. The fourth-order valence-corrected chi connectivity index (χ4v) is 3.03. The molecule has 0 bridgehead atoms. The van der Waals surface area contributed by atoms with Gasteiger partial charge in [0.05, 0.1) is 9.90 Å². The van der Waals surface area contributed by atoms with Crippen molar-refractivity contribution in [1.29, 1.82) is 0 Å². The van der Waals surface area contributed by atoms with Gasteiger partial charge >= 0.3 is 0 Å². The largest absolute Gasteiger partial charge is 0.486 e. The summed E-state index contributed by atoms with van der Waals surface area (Å²) < 4.78 is 11.1. The molecule has 0 aliphatic carbocycles. The van der Waals surface area contributed by atoms with E-state index in [4.69, 9.17) is 21.1 Å². The Bertz CT molecular complexity index is 600. The van der Waals surface area contributed by atoms with Crippen LogP contribution in [0.1, 0.15) is 6.92 Å². The van der Waals surface area contributed by atoms with Crippen LogP contribution in [0.5, 0.6) is 11.5 Å². The van der Waals surface area contributed by atoms with Gasteiger partial charge in [0.2, 0.25) is 0 Å². The highest BCUT2D eigenvalue weighted by atomic mass is 35.5. The SMILES string of the molecule is CCNc1ncc(-c2cc(Cl)c3c(c2)OCCO3)s1. The monoisotopic (exact) mass is 296 g/mol. The Kier molecular flexibility index (Phi) is 3.48. The lowest BCUT2D eigenvalue weighted by atomic mass is 10.1. The third kappa shape index (κ3) is 2.48. The van der Waals surface area contributed by atoms with E-state index in [0.717, 1.165) is 22.1 Å². The molecule has 6 heteroatoms. The first-order valence-corrected chi connectivity index (χ1v) is 7.26. The summed E-state index contributed by atoms with van der Waals surface area (Å²) in [5.74, 6) is 1.33. The van der Waals surface area contributed by atoms with E-state index in [0.29, 0.717) is 29.7 Å². The zero-order valence-electron chi connectivity index (χ0n) is 10.4. The Labute approximate surface area is 120 Å². The molecule has 19 heavy (non-hydrogen) atoms. The molecule has 0 radical (unpaired) electrons. The van der Waals surface area contributed by atoms with Crippen LogP contribution in [0.2, 0.25) is 5.02 Å². The summed E-state index contributed by atoms with van der Waals surface area (Å²) in [6.45, 7) is 3.99. The third-order valence-electron chi connectivity index (χ3n) is 2.72. The van der Waals surface area contributed by atoms with E-state index in [1.165, 1.54) is 0 Å².